The number of hydrogen-bond donors (Lipinski definition) is 2. The fraction of sp³-hybridized carbons (Fsp3) is 0.389. The minimum atomic E-state index is -4.02. The van der Waals surface area contributed by atoms with E-state index in [2.05, 4.69) is 17.2 Å². The molecule has 0 saturated carbocycles. The first-order valence-electron chi connectivity index (χ1n) is 8.09. The van der Waals surface area contributed by atoms with E-state index in [4.69, 9.17) is 9.29 Å². The van der Waals surface area contributed by atoms with Crippen molar-refractivity contribution >= 4 is 10.1 Å². The Kier molecular flexibility index (Phi) is 6.52. The maximum Gasteiger partial charge on any atom is 0.294 e. The zero-order chi connectivity index (χ0) is 18.4. The van der Waals surface area contributed by atoms with Crippen LogP contribution in [-0.4, -0.2) is 37.1 Å². The maximum atomic E-state index is 10.5. The van der Waals surface area contributed by atoms with Crippen LogP contribution in [0.1, 0.15) is 23.2 Å². The van der Waals surface area contributed by atoms with Gasteiger partial charge in [-0.05, 0) is 57.5 Å². The standard InChI is InChI=1S/C11H16N2O.C7H8O3S/c1-8-5-11(6-13-9(8)2)14-7-10-3-4-12-10;1-6-2-4-7(5-3-6)11(8,9)10/h5-6,10,12H,3-4,7H2,1-2H3;2-5H,1H3,(H,8,9,10)/t10-;/m0./s1. The van der Waals surface area contributed by atoms with Crippen LogP contribution in [0, 0.1) is 20.8 Å². The van der Waals surface area contributed by atoms with Crippen LogP contribution in [0.2, 0.25) is 0 Å². The molecule has 2 N–H and O–H groups in total. The van der Waals surface area contributed by atoms with Gasteiger partial charge >= 0.3 is 0 Å². The molecule has 1 aromatic carbocycles. The molecule has 2 aromatic rings. The third kappa shape index (κ3) is 6.12. The van der Waals surface area contributed by atoms with Crippen LogP contribution in [0.4, 0.5) is 0 Å². The van der Waals surface area contributed by atoms with E-state index in [1.54, 1.807) is 18.3 Å². The number of aromatic nitrogens is 1. The Morgan fingerprint density at radius 2 is 1.88 bits per heavy atom. The molecule has 1 fully saturated rings. The van der Waals surface area contributed by atoms with E-state index in [9.17, 15) is 8.42 Å². The van der Waals surface area contributed by atoms with Gasteiger partial charge in [0.2, 0.25) is 0 Å². The molecule has 0 unspecified atom stereocenters. The lowest BCUT2D eigenvalue weighted by Gasteiger charge is -2.27. The van der Waals surface area contributed by atoms with Gasteiger partial charge < -0.3 is 10.1 Å². The first kappa shape index (κ1) is 19.4. The minimum absolute atomic E-state index is 0.0666. The second-order valence-corrected chi connectivity index (χ2v) is 7.53. The molecule has 1 aromatic heterocycles. The molecule has 0 aliphatic carbocycles. The maximum absolute atomic E-state index is 10.5. The summed E-state index contributed by atoms with van der Waals surface area (Å²) >= 11 is 0. The van der Waals surface area contributed by atoms with Crippen LogP contribution >= 0.6 is 0 Å². The third-order valence-electron chi connectivity index (χ3n) is 4.01. The number of rotatable bonds is 4. The summed E-state index contributed by atoms with van der Waals surface area (Å²) < 4.78 is 35.2. The molecule has 25 heavy (non-hydrogen) atoms. The number of aryl methyl sites for hydroxylation is 3. The van der Waals surface area contributed by atoms with Crippen LogP contribution in [0.5, 0.6) is 5.75 Å². The lowest BCUT2D eigenvalue weighted by Crippen LogP contribution is -2.46. The van der Waals surface area contributed by atoms with E-state index >= 15 is 0 Å². The first-order valence-corrected chi connectivity index (χ1v) is 9.53. The number of ether oxygens (including phenoxy) is 1. The van der Waals surface area contributed by atoms with E-state index in [-0.39, 0.29) is 4.90 Å². The molecule has 7 heteroatoms. The molecule has 1 atom stereocenters. The number of pyridine rings is 1. The monoisotopic (exact) mass is 364 g/mol. The van der Waals surface area contributed by atoms with Crippen LogP contribution in [0.25, 0.3) is 0 Å². The van der Waals surface area contributed by atoms with Gasteiger partial charge in [-0.25, -0.2) is 0 Å². The summed E-state index contributed by atoms with van der Waals surface area (Å²) in [5.41, 5.74) is 3.21. The lowest BCUT2D eigenvalue weighted by atomic mass is 10.1. The van der Waals surface area contributed by atoms with Crippen molar-refractivity contribution in [2.24, 2.45) is 0 Å². The highest BCUT2D eigenvalue weighted by Crippen LogP contribution is 2.14. The van der Waals surface area contributed by atoms with Gasteiger partial charge in [-0.2, -0.15) is 8.42 Å². The first-order chi connectivity index (χ1) is 11.8. The molecule has 0 amide bonds. The highest BCUT2D eigenvalue weighted by atomic mass is 32.2. The molecule has 1 saturated heterocycles. The molecular formula is C18H24N2O4S. The Morgan fingerprint density at radius 3 is 2.36 bits per heavy atom. The molecule has 2 heterocycles. The smallest absolute Gasteiger partial charge is 0.294 e. The average molecular weight is 364 g/mol. The zero-order valence-electron chi connectivity index (χ0n) is 14.7. The van der Waals surface area contributed by atoms with Gasteiger partial charge in [0.1, 0.15) is 12.4 Å². The number of hydrogen-bond acceptors (Lipinski definition) is 5. The Labute approximate surface area is 149 Å². The molecule has 3 rings (SSSR count). The van der Waals surface area contributed by atoms with Crippen molar-refractivity contribution in [2.75, 3.05) is 13.2 Å². The Bertz CT molecular complexity index is 800. The van der Waals surface area contributed by atoms with Gasteiger partial charge in [0.05, 0.1) is 11.1 Å². The Morgan fingerprint density at radius 1 is 1.24 bits per heavy atom. The van der Waals surface area contributed by atoms with E-state index in [0.717, 1.165) is 30.2 Å². The zero-order valence-corrected chi connectivity index (χ0v) is 15.5. The summed E-state index contributed by atoms with van der Waals surface area (Å²) in [6.45, 7) is 7.78. The summed E-state index contributed by atoms with van der Waals surface area (Å²) in [7, 11) is -4.02. The average Bonchev–Trinajstić information content (AvgIpc) is 2.49. The molecule has 0 spiro atoms. The number of nitrogens with zero attached hydrogens (tertiary/aromatic N) is 1. The molecular weight excluding hydrogens is 340 g/mol. The number of nitrogens with one attached hydrogen (secondary N) is 1. The van der Waals surface area contributed by atoms with Crippen molar-refractivity contribution in [1.82, 2.24) is 10.3 Å². The summed E-state index contributed by atoms with van der Waals surface area (Å²) in [4.78, 5) is 4.19. The molecule has 6 nitrogen and oxygen atoms in total. The predicted molar refractivity (Wildman–Crippen MR) is 96.6 cm³/mol. The minimum Gasteiger partial charge on any atom is -0.490 e. The predicted octanol–water partition coefficient (Wildman–Crippen LogP) is 2.68. The molecule has 1 aliphatic heterocycles. The highest BCUT2D eigenvalue weighted by molar-refractivity contribution is 7.85. The highest BCUT2D eigenvalue weighted by Gasteiger charge is 2.16. The van der Waals surface area contributed by atoms with Crippen LogP contribution < -0.4 is 10.1 Å². The quantitative estimate of drug-likeness (QED) is 0.811. The van der Waals surface area contributed by atoms with Crippen molar-refractivity contribution in [3.63, 3.8) is 0 Å². The summed E-state index contributed by atoms with van der Waals surface area (Å²) in [6.07, 6.45) is 3.01. The summed E-state index contributed by atoms with van der Waals surface area (Å²) in [5, 5.41) is 3.30. The van der Waals surface area contributed by atoms with Crippen molar-refractivity contribution in [3.8, 4) is 5.75 Å². The van der Waals surface area contributed by atoms with Crippen LogP contribution in [0.3, 0.4) is 0 Å². The molecule has 136 valence electrons. The van der Waals surface area contributed by atoms with Crippen molar-refractivity contribution in [1.29, 1.82) is 0 Å². The Balaban J connectivity index is 0.000000186. The Hall–Kier alpha value is -1.96. The van der Waals surface area contributed by atoms with E-state index < -0.39 is 10.1 Å². The fourth-order valence-electron chi connectivity index (χ4n) is 2.09. The van der Waals surface area contributed by atoms with E-state index in [1.807, 2.05) is 19.9 Å². The fourth-order valence-corrected chi connectivity index (χ4v) is 2.57. The van der Waals surface area contributed by atoms with Gasteiger partial charge in [0.15, 0.2) is 0 Å². The summed E-state index contributed by atoms with van der Waals surface area (Å²) in [5.74, 6) is 0.877. The second kappa shape index (κ2) is 8.42. The van der Waals surface area contributed by atoms with Gasteiger partial charge in [0.25, 0.3) is 10.1 Å². The molecule has 0 bridgehead atoms. The third-order valence-corrected chi connectivity index (χ3v) is 4.88. The number of benzene rings is 1. The normalized spacial score (nSPS) is 16.4. The largest absolute Gasteiger partial charge is 0.490 e. The van der Waals surface area contributed by atoms with E-state index in [1.165, 1.54) is 24.1 Å². The second-order valence-electron chi connectivity index (χ2n) is 6.11. The van der Waals surface area contributed by atoms with Gasteiger partial charge in [-0.1, -0.05) is 17.7 Å². The van der Waals surface area contributed by atoms with E-state index in [0.29, 0.717) is 6.04 Å². The van der Waals surface area contributed by atoms with Gasteiger partial charge in [-0.15, -0.1) is 0 Å². The van der Waals surface area contributed by atoms with Gasteiger partial charge in [0, 0.05) is 11.7 Å². The van der Waals surface area contributed by atoms with Crippen molar-refractivity contribution < 1.29 is 17.7 Å². The van der Waals surface area contributed by atoms with Crippen molar-refractivity contribution in [3.05, 3.63) is 53.3 Å². The van der Waals surface area contributed by atoms with Gasteiger partial charge in [-0.3, -0.25) is 9.54 Å². The molecule has 1 aliphatic rings. The van der Waals surface area contributed by atoms with Crippen molar-refractivity contribution in [2.45, 2.75) is 38.1 Å². The van der Waals surface area contributed by atoms with Crippen LogP contribution in [-0.2, 0) is 10.1 Å². The van der Waals surface area contributed by atoms with Crippen LogP contribution in [0.15, 0.2) is 41.4 Å². The summed E-state index contributed by atoms with van der Waals surface area (Å²) in [6, 6.07) is 8.57. The SMILES string of the molecule is Cc1cc(OC[C@@H]2CCN2)cnc1C.Cc1ccc(S(=O)(=O)O)cc1. The lowest BCUT2D eigenvalue weighted by molar-refractivity contribution is 0.217. The topological polar surface area (TPSA) is 88.5 Å². The molecule has 0 radical (unpaired) electrons.